The molecule has 34 heavy (non-hydrogen) atoms. The zero-order valence-corrected chi connectivity index (χ0v) is 18.2. The lowest BCUT2D eigenvalue weighted by Gasteiger charge is -2.16. The van der Waals surface area contributed by atoms with E-state index in [2.05, 4.69) is 10.6 Å². The van der Waals surface area contributed by atoms with Crippen molar-refractivity contribution in [3.8, 4) is 5.75 Å². The van der Waals surface area contributed by atoms with Gasteiger partial charge in [0, 0.05) is 29.9 Å². The first-order valence-electron chi connectivity index (χ1n) is 10.2. The molecule has 3 aromatic rings. The molecule has 3 amide bonds. The summed E-state index contributed by atoms with van der Waals surface area (Å²) < 4.78 is 33.8. The summed E-state index contributed by atoms with van der Waals surface area (Å²) in [5, 5.41) is 5.55. The van der Waals surface area contributed by atoms with E-state index in [-0.39, 0.29) is 17.2 Å². The number of carbonyl (C=O) groups is 3. The Bertz CT molecular complexity index is 1340. The molecule has 0 radical (unpaired) electrons. The van der Waals surface area contributed by atoms with Gasteiger partial charge in [0.05, 0.1) is 18.4 Å². The van der Waals surface area contributed by atoms with Gasteiger partial charge >= 0.3 is 0 Å². The number of halogens is 2. The smallest absolute Gasteiger partial charge is 0.282 e. The van der Waals surface area contributed by atoms with E-state index < -0.39 is 29.1 Å². The van der Waals surface area contributed by atoms with Gasteiger partial charge in [-0.2, -0.15) is 0 Å². The molecule has 0 aliphatic carbocycles. The van der Waals surface area contributed by atoms with E-state index in [0.717, 1.165) is 18.2 Å². The van der Waals surface area contributed by atoms with Gasteiger partial charge in [-0.3, -0.25) is 14.4 Å². The number of anilines is 3. The molecule has 2 N–H and O–H groups in total. The minimum Gasteiger partial charge on any atom is -0.496 e. The molecular formula is C25H19F2N3O4. The average molecular weight is 463 g/mol. The highest BCUT2D eigenvalue weighted by Crippen LogP contribution is 2.38. The molecule has 0 atom stereocenters. The first-order valence-corrected chi connectivity index (χ1v) is 10.2. The maximum atomic E-state index is 14.5. The van der Waals surface area contributed by atoms with Crippen molar-refractivity contribution in [3.05, 3.63) is 89.6 Å². The Kier molecular flexibility index (Phi) is 6.09. The molecule has 0 aromatic heterocycles. The van der Waals surface area contributed by atoms with Crippen LogP contribution < -0.4 is 20.3 Å². The molecule has 4 rings (SSSR count). The van der Waals surface area contributed by atoms with Gasteiger partial charge in [-0.1, -0.05) is 18.2 Å². The van der Waals surface area contributed by atoms with Gasteiger partial charge in [0.25, 0.3) is 11.8 Å². The molecule has 0 saturated heterocycles. The van der Waals surface area contributed by atoms with Crippen LogP contribution >= 0.6 is 0 Å². The Hall–Kier alpha value is -4.53. The largest absolute Gasteiger partial charge is 0.496 e. The van der Waals surface area contributed by atoms with E-state index >= 15 is 0 Å². The zero-order chi connectivity index (χ0) is 24.4. The molecule has 0 spiro atoms. The van der Waals surface area contributed by atoms with Crippen molar-refractivity contribution in [2.75, 3.05) is 22.6 Å². The molecular weight excluding hydrogens is 444 g/mol. The number of nitrogens with one attached hydrogen (secondary N) is 2. The topological polar surface area (TPSA) is 87.7 Å². The first kappa shape index (κ1) is 22.7. The second kappa shape index (κ2) is 9.14. The van der Waals surface area contributed by atoms with E-state index in [1.54, 1.807) is 48.5 Å². The fourth-order valence-electron chi connectivity index (χ4n) is 3.61. The van der Waals surface area contributed by atoms with Crippen LogP contribution in [0.3, 0.4) is 0 Å². The van der Waals surface area contributed by atoms with Crippen LogP contribution in [0.15, 0.2) is 72.4 Å². The van der Waals surface area contributed by atoms with Gasteiger partial charge in [0.1, 0.15) is 23.1 Å². The van der Waals surface area contributed by atoms with Crippen LogP contribution in [0.25, 0.3) is 5.57 Å². The zero-order valence-electron chi connectivity index (χ0n) is 18.2. The highest BCUT2D eigenvalue weighted by atomic mass is 19.1. The summed E-state index contributed by atoms with van der Waals surface area (Å²) in [5.74, 6) is -3.35. The minimum absolute atomic E-state index is 0.0583. The first-order chi connectivity index (χ1) is 16.3. The minimum atomic E-state index is -0.927. The maximum Gasteiger partial charge on any atom is 0.282 e. The van der Waals surface area contributed by atoms with Crippen molar-refractivity contribution in [2.45, 2.75) is 6.92 Å². The van der Waals surface area contributed by atoms with Gasteiger partial charge in [-0.25, -0.2) is 13.7 Å². The monoisotopic (exact) mass is 463 g/mol. The van der Waals surface area contributed by atoms with Gasteiger partial charge < -0.3 is 15.4 Å². The molecule has 7 nitrogen and oxygen atoms in total. The van der Waals surface area contributed by atoms with Crippen LogP contribution in [-0.2, 0) is 14.4 Å². The summed E-state index contributed by atoms with van der Waals surface area (Å²) in [4.78, 5) is 38.7. The Morgan fingerprint density at radius 3 is 2.26 bits per heavy atom. The van der Waals surface area contributed by atoms with Crippen LogP contribution in [0.5, 0.6) is 5.75 Å². The van der Waals surface area contributed by atoms with Crippen molar-refractivity contribution < 1.29 is 27.9 Å². The summed E-state index contributed by atoms with van der Waals surface area (Å²) in [6, 6.07) is 15.5. The Morgan fingerprint density at radius 2 is 1.59 bits per heavy atom. The molecule has 3 aromatic carbocycles. The van der Waals surface area contributed by atoms with Crippen molar-refractivity contribution in [1.82, 2.24) is 0 Å². The number of carbonyl (C=O) groups excluding carboxylic acids is 3. The average Bonchev–Trinajstić information content (AvgIpc) is 3.05. The molecule has 9 heteroatoms. The number of benzene rings is 3. The number of hydrogen-bond acceptors (Lipinski definition) is 5. The van der Waals surface area contributed by atoms with Crippen LogP contribution in [0.1, 0.15) is 12.5 Å². The van der Waals surface area contributed by atoms with Gasteiger partial charge in [-0.15, -0.1) is 0 Å². The second-order valence-corrected chi connectivity index (χ2v) is 7.38. The number of ether oxygens (including phenoxy) is 1. The fourth-order valence-corrected chi connectivity index (χ4v) is 3.61. The van der Waals surface area contributed by atoms with E-state index in [4.69, 9.17) is 4.74 Å². The predicted octanol–water partition coefficient (Wildman–Crippen LogP) is 4.33. The number of nitrogens with zero attached hydrogens (tertiary/aromatic N) is 1. The quantitative estimate of drug-likeness (QED) is 0.532. The number of imide groups is 1. The highest BCUT2D eigenvalue weighted by molar-refractivity contribution is 6.46. The summed E-state index contributed by atoms with van der Waals surface area (Å²) in [6.07, 6.45) is 0. The third-order valence-electron chi connectivity index (χ3n) is 5.08. The van der Waals surface area contributed by atoms with E-state index in [9.17, 15) is 23.2 Å². The fraction of sp³-hybridized carbons (Fsp3) is 0.0800. The third-order valence-corrected chi connectivity index (χ3v) is 5.08. The lowest BCUT2D eigenvalue weighted by molar-refractivity contribution is -0.120. The van der Waals surface area contributed by atoms with Gasteiger partial charge in [-0.05, 0) is 42.5 Å². The number of para-hydroxylation sites is 1. The van der Waals surface area contributed by atoms with Gasteiger partial charge in [0.15, 0.2) is 0 Å². The van der Waals surface area contributed by atoms with E-state index in [1.807, 2.05) is 0 Å². The number of methoxy groups -OCH3 is 1. The van der Waals surface area contributed by atoms with Gasteiger partial charge in [0.2, 0.25) is 5.91 Å². The Morgan fingerprint density at radius 1 is 0.912 bits per heavy atom. The molecule has 1 aliphatic rings. The summed E-state index contributed by atoms with van der Waals surface area (Å²) in [6.45, 7) is 1.37. The third kappa shape index (κ3) is 4.23. The number of amides is 3. The number of hydrogen-bond donors (Lipinski definition) is 2. The molecule has 172 valence electrons. The maximum absolute atomic E-state index is 14.5. The SMILES string of the molecule is COc1ccccc1C1=C(Nc2ccc(NC(C)=O)cc2)C(=O)N(c2cc(F)ccc2F)C1=O. The van der Waals surface area contributed by atoms with Crippen molar-refractivity contribution in [2.24, 2.45) is 0 Å². The van der Waals surface area contributed by atoms with Crippen molar-refractivity contribution in [3.63, 3.8) is 0 Å². The highest BCUT2D eigenvalue weighted by Gasteiger charge is 2.42. The lowest BCUT2D eigenvalue weighted by Crippen LogP contribution is -2.33. The molecule has 0 unspecified atom stereocenters. The van der Waals surface area contributed by atoms with Crippen molar-refractivity contribution >= 4 is 40.4 Å². The summed E-state index contributed by atoms with van der Waals surface area (Å²) in [7, 11) is 1.42. The predicted molar refractivity (Wildman–Crippen MR) is 123 cm³/mol. The van der Waals surface area contributed by atoms with Crippen molar-refractivity contribution in [1.29, 1.82) is 0 Å². The Balaban J connectivity index is 1.82. The molecule has 0 saturated carbocycles. The standard InChI is InChI=1S/C25H19F2N3O4/c1-14(31)28-16-8-10-17(11-9-16)29-23-22(18-5-3-4-6-21(18)34-2)24(32)30(25(23)33)20-13-15(26)7-12-19(20)27/h3-13,29H,1-2H3,(H,28,31). The van der Waals surface area contributed by atoms with Crippen LogP contribution in [0, 0.1) is 11.6 Å². The van der Waals surface area contributed by atoms with E-state index in [1.165, 1.54) is 14.0 Å². The van der Waals surface area contributed by atoms with Crippen LogP contribution in [0.4, 0.5) is 25.8 Å². The van der Waals surface area contributed by atoms with Crippen LogP contribution in [0.2, 0.25) is 0 Å². The summed E-state index contributed by atoms with van der Waals surface area (Å²) in [5.41, 5.74) is 0.580. The van der Waals surface area contributed by atoms with Crippen LogP contribution in [-0.4, -0.2) is 24.8 Å². The molecule has 1 aliphatic heterocycles. The molecule has 0 fully saturated rings. The normalized spacial score (nSPS) is 13.4. The van der Waals surface area contributed by atoms with E-state index in [0.29, 0.717) is 27.6 Å². The molecule has 1 heterocycles. The second-order valence-electron chi connectivity index (χ2n) is 7.38. The Labute approximate surface area is 193 Å². The summed E-state index contributed by atoms with van der Waals surface area (Å²) >= 11 is 0. The number of rotatable bonds is 6. The lowest BCUT2D eigenvalue weighted by atomic mass is 10.0. The molecule has 0 bridgehead atoms.